The van der Waals surface area contributed by atoms with E-state index in [0.717, 1.165) is 5.69 Å². The summed E-state index contributed by atoms with van der Waals surface area (Å²) < 4.78 is 0. The fraction of sp³-hybridized carbons (Fsp3) is 0.188. The number of hydrogen-bond acceptors (Lipinski definition) is 3. The number of carbonyl (C=O) groups is 1. The van der Waals surface area contributed by atoms with Gasteiger partial charge in [0.2, 0.25) is 0 Å². The van der Waals surface area contributed by atoms with Crippen LogP contribution >= 0.6 is 0 Å². The summed E-state index contributed by atoms with van der Waals surface area (Å²) in [6, 6.07) is 19.4. The third-order valence-electron chi connectivity index (χ3n) is 2.54. The smallest absolute Gasteiger partial charge is 0.322 e. The summed E-state index contributed by atoms with van der Waals surface area (Å²) >= 11 is 0. The maximum Gasteiger partial charge on any atom is 0.322 e. The van der Waals surface area contributed by atoms with Crippen molar-refractivity contribution < 1.29 is 9.90 Å². The Morgan fingerprint density at radius 3 is 2.00 bits per heavy atom. The molecule has 0 amide bonds. The molecule has 2 aromatic rings. The quantitative estimate of drug-likeness (QED) is 0.800. The Labute approximate surface area is 119 Å². The molecule has 2 rings (SSSR count). The topological polar surface area (TPSA) is 75.4 Å². The highest BCUT2D eigenvalue weighted by molar-refractivity contribution is 5.72. The molecule has 1 atom stereocenters. The number of rotatable bonds is 4. The molecule has 0 aromatic heterocycles. The molecule has 0 radical (unpaired) electrons. The van der Waals surface area contributed by atoms with E-state index in [9.17, 15) is 4.79 Å². The van der Waals surface area contributed by atoms with E-state index >= 15 is 0 Å². The lowest BCUT2D eigenvalue weighted by Crippen LogP contribution is -2.11. The molecule has 0 saturated heterocycles. The van der Waals surface area contributed by atoms with Crippen LogP contribution in [0.1, 0.15) is 18.5 Å². The van der Waals surface area contributed by atoms with Crippen molar-refractivity contribution in [2.24, 2.45) is 5.73 Å². The van der Waals surface area contributed by atoms with E-state index < -0.39 is 5.97 Å². The normalized spacial score (nSPS) is 10.9. The summed E-state index contributed by atoms with van der Waals surface area (Å²) in [7, 11) is 0. The minimum atomic E-state index is -0.853. The summed E-state index contributed by atoms with van der Waals surface area (Å²) in [5.41, 5.74) is 7.63. The van der Waals surface area contributed by atoms with Crippen LogP contribution in [0, 0.1) is 0 Å². The highest BCUT2D eigenvalue weighted by Gasteiger charge is 1.94. The molecular formula is C16H20N2O2. The first kappa shape index (κ1) is 15.7. The van der Waals surface area contributed by atoms with Crippen LogP contribution < -0.4 is 11.1 Å². The second-order valence-corrected chi connectivity index (χ2v) is 4.31. The second-order valence-electron chi connectivity index (χ2n) is 4.31. The van der Waals surface area contributed by atoms with Gasteiger partial charge in [0, 0.05) is 11.7 Å². The molecular weight excluding hydrogens is 252 g/mol. The third-order valence-corrected chi connectivity index (χ3v) is 2.54. The monoisotopic (exact) mass is 272 g/mol. The summed E-state index contributed by atoms with van der Waals surface area (Å²) in [5.74, 6) is -0.853. The van der Waals surface area contributed by atoms with E-state index in [1.807, 2.05) is 67.6 Å². The van der Waals surface area contributed by atoms with Gasteiger partial charge in [-0.2, -0.15) is 0 Å². The molecule has 0 spiro atoms. The molecule has 20 heavy (non-hydrogen) atoms. The van der Waals surface area contributed by atoms with Gasteiger partial charge < -0.3 is 16.2 Å². The Kier molecular flexibility index (Phi) is 6.85. The number of nitrogens with one attached hydrogen (secondary N) is 1. The summed E-state index contributed by atoms with van der Waals surface area (Å²) in [5, 5.41) is 11.1. The van der Waals surface area contributed by atoms with Crippen LogP contribution in [0.2, 0.25) is 0 Å². The van der Waals surface area contributed by atoms with Crippen LogP contribution in [0.15, 0.2) is 60.7 Å². The van der Waals surface area contributed by atoms with Gasteiger partial charge in [0.1, 0.15) is 6.54 Å². The predicted octanol–water partition coefficient (Wildman–Crippen LogP) is 2.89. The van der Waals surface area contributed by atoms with Crippen LogP contribution in [-0.4, -0.2) is 17.6 Å². The molecule has 0 aliphatic heterocycles. The van der Waals surface area contributed by atoms with E-state index in [4.69, 9.17) is 10.8 Å². The van der Waals surface area contributed by atoms with E-state index in [1.54, 1.807) is 0 Å². The van der Waals surface area contributed by atoms with Gasteiger partial charge in [0.25, 0.3) is 0 Å². The van der Waals surface area contributed by atoms with Crippen LogP contribution in [0.4, 0.5) is 5.69 Å². The Morgan fingerprint density at radius 1 is 1.10 bits per heavy atom. The van der Waals surface area contributed by atoms with E-state index in [0.29, 0.717) is 0 Å². The first-order valence-corrected chi connectivity index (χ1v) is 6.41. The van der Waals surface area contributed by atoms with E-state index in [1.165, 1.54) is 5.56 Å². The number of anilines is 1. The zero-order valence-electron chi connectivity index (χ0n) is 11.5. The van der Waals surface area contributed by atoms with Crippen molar-refractivity contribution in [2.75, 3.05) is 11.9 Å². The van der Waals surface area contributed by atoms with Gasteiger partial charge in [0.05, 0.1) is 0 Å². The first-order chi connectivity index (χ1) is 9.59. The van der Waals surface area contributed by atoms with Crippen LogP contribution in [0.25, 0.3) is 0 Å². The number of aliphatic carboxylic acids is 1. The number of carboxylic acid groups (broad SMARTS) is 1. The van der Waals surface area contributed by atoms with Crippen molar-refractivity contribution in [3.05, 3.63) is 66.2 Å². The minimum Gasteiger partial charge on any atom is -0.480 e. The Balaban J connectivity index is 0.000000204. The minimum absolute atomic E-state index is 0.0377. The molecule has 4 N–H and O–H groups in total. The van der Waals surface area contributed by atoms with Crippen molar-refractivity contribution in [2.45, 2.75) is 13.0 Å². The molecule has 0 unspecified atom stereocenters. The van der Waals surface area contributed by atoms with Crippen LogP contribution in [-0.2, 0) is 4.79 Å². The maximum atomic E-state index is 10.1. The fourth-order valence-electron chi connectivity index (χ4n) is 1.49. The van der Waals surface area contributed by atoms with Crippen molar-refractivity contribution in [3.8, 4) is 0 Å². The van der Waals surface area contributed by atoms with Gasteiger partial charge in [-0.1, -0.05) is 48.5 Å². The number of para-hydroxylation sites is 1. The Hall–Kier alpha value is -2.33. The molecule has 0 aliphatic rings. The first-order valence-electron chi connectivity index (χ1n) is 6.41. The Morgan fingerprint density at radius 2 is 1.60 bits per heavy atom. The van der Waals surface area contributed by atoms with E-state index in [2.05, 4.69) is 5.32 Å². The predicted molar refractivity (Wildman–Crippen MR) is 81.6 cm³/mol. The number of nitrogens with two attached hydrogens (primary N) is 1. The lowest BCUT2D eigenvalue weighted by molar-refractivity contribution is -0.134. The summed E-state index contributed by atoms with van der Waals surface area (Å²) in [4.78, 5) is 10.1. The SMILES string of the molecule is C[C@@H](N)c1ccccc1.O=C(O)CNc1ccccc1. The molecule has 2 aromatic carbocycles. The molecule has 0 heterocycles. The van der Waals surface area contributed by atoms with Gasteiger partial charge in [-0.05, 0) is 24.6 Å². The van der Waals surface area contributed by atoms with E-state index in [-0.39, 0.29) is 12.6 Å². The number of carboxylic acids is 1. The van der Waals surface area contributed by atoms with Crippen LogP contribution in [0.5, 0.6) is 0 Å². The average Bonchev–Trinajstić information content (AvgIpc) is 2.48. The zero-order valence-corrected chi connectivity index (χ0v) is 11.5. The van der Waals surface area contributed by atoms with Gasteiger partial charge in [-0.3, -0.25) is 4.79 Å². The molecule has 4 heteroatoms. The van der Waals surface area contributed by atoms with Gasteiger partial charge in [-0.25, -0.2) is 0 Å². The molecule has 106 valence electrons. The molecule has 0 saturated carbocycles. The number of hydrogen-bond donors (Lipinski definition) is 3. The third kappa shape index (κ3) is 6.56. The molecule has 0 bridgehead atoms. The largest absolute Gasteiger partial charge is 0.480 e. The molecule has 4 nitrogen and oxygen atoms in total. The van der Waals surface area contributed by atoms with Gasteiger partial charge >= 0.3 is 5.97 Å². The zero-order chi connectivity index (χ0) is 14.8. The number of benzene rings is 2. The fourth-order valence-corrected chi connectivity index (χ4v) is 1.49. The molecule has 0 fully saturated rings. The summed E-state index contributed by atoms with van der Waals surface area (Å²) in [6.07, 6.45) is 0. The second kappa shape index (κ2) is 8.72. The van der Waals surface area contributed by atoms with Gasteiger partial charge in [-0.15, -0.1) is 0 Å². The van der Waals surface area contributed by atoms with Crippen LogP contribution in [0.3, 0.4) is 0 Å². The highest BCUT2D eigenvalue weighted by Crippen LogP contribution is 2.06. The highest BCUT2D eigenvalue weighted by atomic mass is 16.4. The van der Waals surface area contributed by atoms with Gasteiger partial charge in [0.15, 0.2) is 0 Å². The maximum absolute atomic E-state index is 10.1. The molecule has 0 aliphatic carbocycles. The average molecular weight is 272 g/mol. The van der Waals surface area contributed by atoms with Crippen molar-refractivity contribution in [1.82, 2.24) is 0 Å². The van der Waals surface area contributed by atoms with Crippen molar-refractivity contribution in [3.63, 3.8) is 0 Å². The standard InChI is InChI=1S/C8H9NO2.C8H11N/c10-8(11)6-9-7-4-2-1-3-5-7;1-7(9)8-5-3-2-4-6-8/h1-5,9H,6H2,(H,10,11);2-7H,9H2,1H3/t;7-/m.1/s1. The Bertz CT molecular complexity index is 498. The van der Waals surface area contributed by atoms with Crippen molar-refractivity contribution in [1.29, 1.82) is 0 Å². The van der Waals surface area contributed by atoms with Crippen molar-refractivity contribution >= 4 is 11.7 Å². The lowest BCUT2D eigenvalue weighted by atomic mass is 10.1. The lowest BCUT2D eigenvalue weighted by Gasteiger charge is -2.02. The summed E-state index contributed by atoms with van der Waals surface area (Å²) in [6.45, 7) is 1.94.